The number of para-hydroxylation sites is 2. The molecule has 3 aliphatic rings. The normalized spacial score (nSPS) is 21.8. The van der Waals surface area contributed by atoms with Gasteiger partial charge in [0.15, 0.2) is 11.9 Å². The number of amides is 1. The van der Waals surface area contributed by atoms with Crippen molar-refractivity contribution in [1.29, 1.82) is 0 Å². The molecular formula is C41H32N2O5. The standard InChI is InChI=1S/C41H32N2O5/c1-47-30-19-12-18-29(25-30)37(44)36-35(39(45)48-38(27-14-4-2-5-15-27)28-16-6-3-7-17-28)41(31-20-9-10-21-32(31)42-40(41)46)34-24-23-26-13-8-11-22-33(26)43(34)36/h2-25,34-36,38H,1H3,(H,42,46)/t34?,35-,36+,41+/m0/s1. The van der Waals surface area contributed by atoms with E-state index in [1.807, 2.05) is 126 Å². The van der Waals surface area contributed by atoms with Crippen LogP contribution in [0.1, 0.15) is 38.7 Å². The quantitative estimate of drug-likeness (QED) is 0.154. The van der Waals surface area contributed by atoms with Crippen LogP contribution < -0.4 is 15.0 Å². The molecule has 1 fully saturated rings. The van der Waals surface area contributed by atoms with Crippen molar-refractivity contribution in [2.45, 2.75) is 23.6 Å². The second kappa shape index (κ2) is 11.7. The summed E-state index contributed by atoms with van der Waals surface area (Å²) in [7, 11) is 1.54. The summed E-state index contributed by atoms with van der Waals surface area (Å²) in [5.41, 5.74) is 3.37. The molecule has 3 aliphatic heterocycles. The summed E-state index contributed by atoms with van der Waals surface area (Å²) in [4.78, 5) is 46.9. The zero-order valence-corrected chi connectivity index (χ0v) is 26.2. The Labute approximate surface area is 278 Å². The molecule has 236 valence electrons. The number of esters is 1. The summed E-state index contributed by atoms with van der Waals surface area (Å²) in [6.07, 6.45) is 3.16. The van der Waals surface area contributed by atoms with Crippen LogP contribution in [0.2, 0.25) is 0 Å². The zero-order chi connectivity index (χ0) is 32.8. The summed E-state index contributed by atoms with van der Waals surface area (Å²) in [6.45, 7) is 0. The number of carbonyl (C=O) groups is 3. The van der Waals surface area contributed by atoms with E-state index in [9.17, 15) is 4.79 Å². The molecule has 1 amide bonds. The highest BCUT2D eigenvalue weighted by molar-refractivity contribution is 6.15. The van der Waals surface area contributed by atoms with Crippen molar-refractivity contribution in [3.8, 4) is 5.75 Å². The third-order valence-corrected chi connectivity index (χ3v) is 9.86. The highest BCUT2D eigenvalue weighted by Crippen LogP contribution is 2.58. The Balaban J connectivity index is 1.36. The lowest BCUT2D eigenvalue weighted by atomic mass is 9.66. The zero-order valence-electron chi connectivity index (χ0n) is 26.2. The number of ether oxygens (including phenoxy) is 2. The summed E-state index contributed by atoms with van der Waals surface area (Å²) in [5, 5.41) is 3.07. The molecule has 1 unspecified atom stereocenters. The molecule has 0 saturated carbocycles. The number of hydrogen-bond donors (Lipinski definition) is 1. The van der Waals surface area contributed by atoms with Crippen molar-refractivity contribution in [1.82, 2.24) is 0 Å². The molecule has 7 heteroatoms. The van der Waals surface area contributed by atoms with Crippen LogP contribution >= 0.6 is 0 Å². The molecule has 5 aromatic rings. The number of Topliss-reactive ketones (excluding diaryl/α,β-unsaturated/α-hetero) is 1. The van der Waals surface area contributed by atoms with Crippen LogP contribution in [-0.2, 0) is 19.7 Å². The Morgan fingerprint density at radius 3 is 2.19 bits per heavy atom. The van der Waals surface area contributed by atoms with E-state index in [1.165, 1.54) is 0 Å². The van der Waals surface area contributed by atoms with Crippen LogP contribution in [0.4, 0.5) is 11.4 Å². The second-order valence-corrected chi connectivity index (χ2v) is 12.3. The molecule has 7 nitrogen and oxygen atoms in total. The Morgan fingerprint density at radius 1 is 0.792 bits per heavy atom. The van der Waals surface area contributed by atoms with Crippen molar-refractivity contribution in [3.05, 3.63) is 167 Å². The molecule has 0 bridgehead atoms. The third-order valence-electron chi connectivity index (χ3n) is 9.86. The number of ketones is 1. The van der Waals surface area contributed by atoms with E-state index in [0.717, 1.165) is 22.4 Å². The number of fused-ring (bicyclic) bond motifs is 6. The summed E-state index contributed by atoms with van der Waals surface area (Å²) in [6, 6.07) is 39.4. The first kappa shape index (κ1) is 29.5. The van der Waals surface area contributed by atoms with Crippen LogP contribution in [0.15, 0.2) is 140 Å². The largest absolute Gasteiger partial charge is 0.497 e. The highest BCUT2D eigenvalue weighted by atomic mass is 16.5. The Bertz CT molecular complexity index is 2040. The van der Waals surface area contributed by atoms with Crippen molar-refractivity contribution >= 4 is 35.1 Å². The Kier molecular flexibility index (Phi) is 7.17. The minimum Gasteiger partial charge on any atom is -0.497 e. The minimum absolute atomic E-state index is 0.309. The van der Waals surface area contributed by atoms with Gasteiger partial charge in [0.1, 0.15) is 23.1 Å². The number of anilines is 2. The van der Waals surface area contributed by atoms with E-state index in [-0.39, 0.29) is 11.7 Å². The number of rotatable bonds is 7. The van der Waals surface area contributed by atoms with E-state index in [2.05, 4.69) is 5.32 Å². The molecule has 48 heavy (non-hydrogen) atoms. The van der Waals surface area contributed by atoms with Gasteiger partial charge in [0.05, 0.1) is 13.2 Å². The van der Waals surface area contributed by atoms with Crippen LogP contribution in [0, 0.1) is 5.92 Å². The predicted molar refractivity (Wildman–Crippen MR) is 184 cm³/mol. The molecule has 1 spiro atoms. The lowest BCUT2D eigenvalue weighted by Gasteiger charge is -2.37. The molecule has 5 aromatic carbocycles. The number of nitrogens with one attached hydrogen (secondary N) is 1. The van der Waals surface area contributed by atoms with Crippen LogP contribution in [0.3, 0.4) is 0 Å². The van der Waals surface area contributed by atoms with E-state index in [1.54, 1.807) is 31.4 Å². The predicted octanol–water partition coefficient (Wildman–Crippen LogP) is 7.00. The maximum Gasteiger partial charge on any atom is 0.314 e. The number of hydrogen-bond acceptors (Lipinski definition) is 6. The van der Waals surface area contributed by atoms with Crippen LogP contribution in [0.5, 0.6) is 5.75 Å². The summed E-state index contributed by atoms with van der Waals surface area (Å²) >= 11 is 0. The first-order valence-electron chi connectivity index (χ1n) is 16.0. The Hall–Kier alpha value is -5.95. The lowest BCUT2D eigenvalue weighted by Crippen LogP contribution is -2.51. The molecule has 8 rings (SSSR count). The van der Waals surface area contributed by atoms with Gasteiger partial charge in [-0.3, -0.25) is 14.4 Å². The summed E-state index contributed by atoms with van der Waals surface area (Å²) in [5.74, 6) is -2.01. The first-order valence-corrected chi connectivity index (χ1v) is 16.0. The fourth-order valence-corrected chi connectivity index (χ4v) is 7.81. The molecule has 0 aromatic heterocycles. The van der Waals surface area contributed by atoms with E-state index in [0.29, 0.717) is 22.6 Å². The first-order chi connectivity index (χ1) is 23.5. The fraction of sp³-hybridized carbons (Fsp3) is 0.146. The van der Waals surface area contributed by atoms with Gasteiger partial charge in [-0.15, -0.1) is 0 Å². The average Bonchev–Trinajstić information content (AvgIpc) is 3.63. The number of methoxy groups -OCH3 is 1. The van der Waals surface area contributed by atoms with Gasteiger partial charge < -0.3 is 19.7 Å². The molecule has 0 aliphatic carbocycles. The van der Waals surface area contributed by atoms with E-state index in [4.69, 9.17) is 9.47 Å². The fourth-order valence-electron chi connectivity index (χ4n) is 7.81. The minimum atomic E-state index is -1.48. The number of nitrogens with zero attached hydrogens (tertiary/aromatic N) is 1. The SMILES string of the molecule is COc1cccc(C(=O)[C@H]2[C@@H](C(=O)OC(c3ccccc3)c3ccccc3)[C@]3(C(=O)Nc4ccccc43)C3C=Cc4ccccc4N32)c1. The Morgan fingerprint density at radius 2 is 1.46 bits per heavy atom. The summed E-state index contributed by atoms with van der Waals surface area (Å²) < 4.78 is 12.0. The highest BCUT2D eigenvalue weighted by Gasteiger charge is 2.71. The van der Waals surface area contributed by atoms with Crippen molar-refractivity contribution in [2.24, 2.45) is 5.92 Å². The van der Waals surface area contributed by atoms with Gasteiger partial charge in [0, 0.05) is 16.9 Å². The van der Waals surface area contributed by atoms with Gasteiger partial charge in [-0.2, -0.15) is 0 Å². The maximum atomic E-state index is 15.2. The van der Waals surface area contributed by atoms with Gasteiger partial charge in [0.2, 0.25) is 5.91 Å². The smallest absolute Gasteiger partial charge is 0.314 e. The monoisotopic (exact) mass is 632 g/mol. The van der Waals surface area contributed by atoms with Gasteiger partial charge in [-0.05, 0) is 46.5 Å². The lowest BCUT2D eigenvalue weighted by molar-refractivity contribution is -0.156. The molecule has 3 heterocycles. The second-order valence-electron chi connectivity index (χ2n) is 12.3. The average molecular weight is 633 g/mol. The maximum absolute atomic E-state index is 15.2. The van der Waals surface area contributed by atoms with Crippen molar-refractivity contribution < 1.29 is 23.9 Å². The van der Waals surface area contributed by atoms with Crippen LogP contribution in [-0.4, -0.2) is 36.9 Å². The van der Waals surface area contributed by atoms with Crippen molar-refractivity contribution in [3.63, 3.8) is 0 Å². The van der Waals surface area contributed by atoms with Gasteiger partial charge >= 0.3 is 5.97 Å². The number of benzene rings is 5. The molecule has 4 atom stereocenters. The van der Waals surface area contributed by atoms with Gasteiger partial charge in [-0.1, -0.05) is 121 Å². The number of carbonyl (C=O) groups excluding carboxylic acids is 3. The molecular weight excluding hydrogens is 600 g/mol. The van der Waals surface area contributed by atoms with Gasteiger partial charge in [0.25, 0.3) is 0 Å². The molecule has 1 N–H and O–H groups in total. The van der Waals surface area contributed by atoms with Gasteiger partial charge in [-0.25, -0.2) is 0 Å². The van der Waals surface area contributed by atoms with Crippen LogP contribution in [0.25, 0.3) is 6.08 Å². The molecule has 1 saturated heterocycles. The van der Waals surface area contributed by atoms with Crippen molar-refractivity contribution in [2.75, 3.05) is 17.3 Å². The third kappa shape index (κ3) is 4.46. The van der Waals surface area contributed by atoms with E-state index < -0.39 is 35.5 Å². The van der Waals surface area contributed by atoms with E-state index >= 15 is 9.59 Å². The topological polar surface area (TPSA) is 84.9 Å². The molecule has 0 radical (unpaired) electrons.